The highest BCUT2D eigenvalue weighted by molar-refractivity contribution is 14.1. The van der Waals surface area contributed by atoms with E-state index in [2.05, 4.69) is 27.9 Å². The zero-order valence-electron chi connectivity index (χ0n) is 25.6. The van der Waals surface area contributed by atoms with Crippen LogP contribution >= 0.6 is 45.8 Å². The van der Waals surface area contributed by atoms with Gasteiger partial charge in [0.25, 0.3) is 5.91 Å². The Morgan fingerprint density at radius 3 is 2.48 bits per heavy atom. The molecule has 9 nitrogen and oxygen atoms in total. The molecule has 2 atom stereocenters. The lowest BCUT2D eigenvalue weighted by Gasteiger charge is -2.30. The number of nitrogens with one attached hydrogen (secondary N) is 1. The minimum Gasteiger partial charge on any atom is -0.466 e. The van der Waals surface area contributed by atoms with Crippen LogP contribution in [0.1, 0.15) is 62.4 Å². The summed E-state index contributed by atoms with van der Waals surface area (Å²) in [5, 5.41) is 4.36. The molecule has 3 aromatic rings. The first kappa shape index (κ1) is 36.5. The number of aromatic nitrogens is 1. The minimum atomic E-state index is -0.302. The van der Waals surface area contributed by atoms with Gasteiger partial charge in [0.2, 0.25) is 5.91 Å². The van der Waals surface area contributed by atoms with Crippen LogP contribution in [0.2, 0.25) is 10.0 Å². The molecule has 1 saturated carbocycles. The topological polar surface area (TPSA) is 99.1 Å². The van der Waals surface area contributed by atoms with Crippen LogP contribution in [-0.4, -0.2) is 72.4 Å². The number of amides is 2. The summed E-state index contributed by atoms with van der Waals surface area (Å²) in [7, 11) is 3.54. The Balaban J connectivity index is 0.00000480. The molecule has 12 heteroatoms. The number of ether oxygens (including phenoxy) is 3. The standard InChI is InChI=1S/C33H38Cl2IN3O6.CH4/c1-4-44-33(42)19-5-8-23(9-6-19)45-18-22-14-24(43-3)16-39(22)31(40)12-20-11-28(35)29(15-27(20)34)37-32(41)26-17-38(2)30-10-7-21(36)13-25(26)30;/h7,10-11,13,15,17,19,22-24H,4-6,8-9,12,14,16,18H2,1-3H3,(H,37,41);1H4/t19?,22-,23?,24-;/m0./s1. The second kappa shape index (κ2) is 16.1. The number of aryl methyl sites for hydroxylation is 1. The fraction of sp³-hybridized carbons (Fsp3) is 0.500. The van der Waals surface area contributed by atoms with E-state index in [1.807, 2.05) is 36.7 Å². The first-order valence-electron chi connectivity index (χ1n) is 15.2. The van der Waals surface area contributed by atoms with Gasteiger partial charge >= 0.3 is 5.97 Å². The van der Waals surface area contributed by atoms with Gasteiger partial charge in [-0.15, -0.1) is 0 Å². The number of esters is 1. The monoisotopic (exact) mass is 785 g/mol. The zero-order valence-corrected chi connectivity index (χ0v) is 29.3. The molecule has 1 saturated heterocycles. The van der Waals surface area contributed by atoms with E-state index >= 15 is 0 Å². The maximum absolute atomic E-state index is 13.6. The lowest BCUT2D eigenvalue weighted by molar-refractivity contribution is -0.150. The summed E-state index contributed by atoms with van der Waals surface area (Å²) >= 11 is 15.5. The molecule has 0 unspecified atom stereocenters. The maximum Gasteiger partial charge on any atom is 0.308 e. The molecule has 0 radical (unpaired) electrons. The first-order valence-corrected chi connectivity index (χ1v) is 17.1. The summed E-state index contributed by atoms with van der Waals surface area (Å²) in [5.41, 5.74) is 2.41. The van der Waals surface area contributed by atoms with E-state index in [-0.39, 0.29) is 55.8 Å². The first-order chi connectivity index (χ1) is 21.6. The van der Waals surface area contributed by atoms with Crippen LogP contribution in [-0.2, 0) is 37.3 Å². The van der Waals surface area contributed by atoms with Gasteiger partial charge in [-0.1, -0.05) is 30.6 Å². The van der Waals surface area contributed by atoms with Crippen molar-refractivity contribution in [3.63, 3.8) is 0 Å². The number of carbonyl (C=O) groups is 3. The smallest absolute Gasteiger partial charge is 0.308 e. The van der Waals surface area contributed by atoms with Crippen molar-refractivity contribution in [3.05, 3.63) is 61.3 Å². The molecule has 2 fully saturated rings. The number of hydrogen-bond acceptors (Lipinski definition) is 6. The molecule has 0 bridgehead atoms. The van der Waals surface area contributed by atoms with E-state index < -0.39 is 0 Å². The molecule has 2 amide bonds. The number of nitrogens with zero attached hydrogens (tertiary/aromatic N) is 2. The lowest BCUT2D eigenvalue weighted by Crippen LogP contribution is -2.40. The molecule has 5 rings (SSSR count). The van der Waals surface area contributed by atoms with Gasteiger partial charge in [-0.3, -0.25) is 14.4 Å². The third-order valence-electron chi connectivity index (χ3n) is 8.77. The van der Waals surface area contributed by atoms with Gasteiger partial charge in [0.15, 0.2) is 0 Å². The van der Waals surface area contributed by atoms with Crippen LogP contribution in [0, 0.1) is 9.49 Å². The normalized spacial score (nSPS) is 21.2. The average Bonchev–Trinajstić information content (AvgIpc) is 3.59. The number of halogens is 3. The fourth-order valence-electron chi connectivity index (χ4n) is 6.30. The van der Waals surface area contributed by atoms with Crippen molar-refractivity contribution in [2.24, 2.45) is 13.0 Å². The third kappa shape index (κ3) is 8.36. The molecule has 2 aromatic carbocycles. The maximum atomic E-state index is 13.6. The van der Waals surface area contributed by atoms with Gasteiger partial charge in [0.1, 0.15) is 0 Å². The van der Waals surface area contributed by atoms with Crippen molar-refractivity contribution in [3.8, 4) is 0 Å². The summed E-state index contributed by atoms with van der Waals surface area (Å²) in [6, 6.07) is 9.04. The third-order valence-corrected chi connectivity index (χ3v) is 10.1. The molecule has 1 N–H and O–H groups in total. The second-order valence-electron chi connectivity index (χ2n) is 11.7. The predicted molar refractivity (Wildman–Crippen MR) is 190 cm³/mol. The Kier molecular flexibility index (Phi) is 12.8. The molecular formula is C34H42Cl2IN3O6. The summed E-state index contributed by atoms with van der Waals surface area (Å²) < 4.78 is 20.0. The highest BCUT2D eigenvalue weighted by Gasteiger charge is 2.37. The minimum absolute atomic E-state index is 0. The van der Waals surface area contributed by atoms with E-state index in [9.17, 15) is 14.4 Å². The van der Waals surface area contributed by atoms with Crippen molar-refractivity contribution in [1.29, 1.82) is 0 Å². The van der Waals surface area contributed by atoms with Crippen molar-refractivity contribution in [1.82, 2.24) is 9.47 Å². The van der Waals surface area contributed by atoms with Crippen LogP contribution in [0.5, 0.6) is 0 Å². The van der Waals surface area contributed by atoms with Crippen molar-refractivity contribution >= 4 is 80.2 Å². The molecule has 250 valence electrons. The number of rotatable bonds is 10. The molecular weight excluding hydrogens is 744 g/mol. The Morgan fingerprint density at radius 1 is 1.04 bits per heavy atom. The Hall–Kier alpha value is -2.38. The number of methoxy groups -OCH3 is 1. The summed E-state index contributed by atoms with van der Waals surface area (Å²) in [6.07, 6.45) is 5.53. The van der Waals surface area contributed by atoms with Crippen LogP contribution < -0.4 is 5.32 Å². The van der Waals surface area contributed by atoms with Crippen LogP contribution in [0.3, 0.4) is 0 Å². The highest BCUT2D eigenvalue weighted by atomic mass is 127. The predicted octanol–water partition coefficient (Wildman–Crippen LogP) is 7.28. The molecule has 1 aliphatic carbocycles. The quantitative estimate of drug-likeness (QED) is 0.172. The number of likely N-dealkylation sites (tertiary alicyclic amines) is 1. The van der Waals surface area contributed by atoms with Gasteiger partial charge in [-0.25, -0.2) is 0 Å². The molecule has 1 aliphatic heterocycles. The zero-order chi connectivity index (χ0) is 32.2. The number of benzene rings is 2. The van der Waals surface area contributed by atoms with E-state index in [4.69, 9.17) is 37.4 Å². The van der Waals surface area contributed by atoms with Crippen molar-refractivity contribution < 1.29 is 28.6 Å². The molecule has 46 heavy (non-hydrogen) atoms. The summed E-state index contributed by atoms with van der Waals surface area (Å²) in [5.74, 6) is -0.593. The van der Waals surface area contributed by atoms with Gasteiger partial charge in [-0.2, -0.15) is 0 Å². The second-order valence-corrected chi connectivity index (χ2v) is 13.8. The van der Waals surface area contributed by atoms with Gasteiger partial charge in [0.05, 0.1) is 60.1 Å². The van der Waals surface area contributed by atoms with Crippen molar-refractivity contribution in [2.75, 3.05) is 32.2 Å². The van der Waals surface area contributed by atoms with Crippen LogP contribution in [0.4, 0.5) is 5.69 Å². The average molecular weight is 787 g/mol. The SMILES string of the molecule is C.CCOC(=O)C1CCC(OC[C@@H]2C[C@H](OC)CN2C(=O)Cc2cc(Cl)c(NC(=O)c3cn(C)c4ccc(I)cc34)cc2Cl)CC1. The van der Waals surface area contributed by atoms with E-state index in [0.29, 0.717) is 53.0 Å². The van der Waals surface area contributed by atoms with E-state index in [1.165, 1.54) is 0 Å². The van der Waals surface area contributed by atoms with Crippen LogP contribution in [0.25, 0.3) is 10.9 Å². The molecule has 2 aliphatic rings. The summed E-state index contributed by atoms with van der Waals surface area (Å²) in [4.78, 5) is 40.7. The molecule has 2 heterocycles. The van der Waals surface area contributed by atoms with Gasteiger partial charge < -0.3 is 29.0 Å². The lowest BCUT2D eigenvalue weighted by atomic mass is 9.87. The van der Waals surface area contributed by atoms with Crippen LogP contribution in [0.15, 0.2) is 36.5 Å². The Labute approximate surface area is 294 Å². The molecule has 1 aromatic heterocycles. The number of fused-ring (bicyclic) bond motifs is 1. The van der Waals surface area contributed by atoms with Crippen molar-refractivity contribution in [2.45, 2.75) is 71.1 Å². The molecule has 0 spiro atoms. The van der Waals surface area contributed by atoms with Gasteiger partial charge in [-0.05, 0) is 97.5 Å². The fourth-order valence-corrected chi connectivity index (χ4v) is 7.25. The summed E-state index contributed by atoms with van der Waals surface area (Å²) in [6.45, 7) is 3.07. The number of carbonyl (C=O) groups excluding carboxylic acids is 3. The largest absolute Gasteiger partial charge is 0.466 e. The van der Waals surface area contributed by atoms with E-state index in [1.54, 1.807) is 30.3 Å². The van der Waals surface area contributed by atoms with E-state index in [0.717, 1.165) is 40.2 Å². The Bertz CT molecular complexity index is 1570. The van der Waals surface area contributed by atoms with Gasteiger partial charge in [0, 0.05) is 46.4 Å². The number of hydrogen-bond donors (Lipinski definition) is 1. The number of anilines is 1. The highest BCUT2D eigenvalue weighted by Crippen LogP contribution is 2.33. The Morgan fingerprint density at radius 2 is 1.78 bits per heavy atom.